The molecule has 4 bridgehead atoms. The normalized spacial score (nSPS) is 36.7. The van der Waals surface area contributed by atoms with Gasteiger partial charge in [-0.1, -0.05) is 104 Å². The van der Waals surface area contributed by atoms with Gasteiger partial charge in [-0.2, -0.15) is 0 Å². The van der Waals surface area contributed by atoms with Crippen molar-refractivity contribution in [3.05, 3.63) is 108 Å². The summed E-state index contributed by atoms with van der Waals surface area (Å²) in [5, 5.41) is 0. The molecule has 0 N–H and O–H groups in total. The van der Waals surface area contributed by atoms with Gasteiger partial charge in [0, 0.05) is 0 Å². The minimum atomic E-state index is 0.289. The Labute approximate surface area is 181 Å². The van der Waals surface area contributed by atoms with Crippen LogP contribution in [0.25, 0.3) is 0 Å². The molecule has 0 atom stereocenters. The van der Waals surface area contributed by atoms with Crippen LogP contribution >= 0.6 is 0 Å². The van der Waals surface area contributed by atoms with Gasteiger partial charge in [-0.3, -0.25) is 0 Å². The number of benzene rings is 3. The van der Waals surface area contributed by atoms with E-state index in [0.717, 1.165) is 0 Å². The first kappa shape index (κ1) is 18.4. The summed E-state index contributed by atoms with van der Waals surface area (Å²) in [6, 6.07) is 34.7. The molecule has 0 aliphatic heterocycles. The predicted molar refractivity (Wildman–Crippen MR) is 125 cm³/mol. The summed E-state index contributed by atoms with van der Waals surface area (Å²) < 4.78 is 0. The highest BCUT2D eigenvalue weighted by atomic mass is 14.7. The van der Waals surface area contributed by atoms with Crippen LogP contribution in [0.1, 0.15) is 68.6 Å². The highest BCUT2D eigenvalue weighted by Crippen LogP contribution is 2.75. The fraction of sp³-hybridized carbons (Fsp3) is 0.400. The molecule has 3 aromatic rings. The molecule has 0 heteroatoms. The first-order valence-corrected chi connectivity index (χ1v) is 11.8. The molecule has 0 aromatic heterocycles. The van der Waals surface area contributed by atoms with Crippen LogP contribution in [0.4, 0.5) is 0 Å². The summed E-state index contributed by atoms with van der Waals surface area (Å²) >= 11 is 0. The minimum Gasteiger partial charge on any atom is -0.0649 e. The monoisotopic (exact) mass is 392 g/mol. The van der Waals surface area contributed by atoms with Gasteiger partial charge in [0.1, 0.15) is 0 Å². The summed E-state index contributed by atoms with van der Waals surface area (Å²) in [5.41, 5.74) is 6.07. The van der Waals surface area contributed by atoms with Gasteiger partial charge in [0.05, 0.1) is 0 Å². The molecular formula is C30H32. The summed E-state index contributed by atoms with van der Waals surface area (Å²) in [6.45, 7) is 2.46. The molecule has 0 heterocycles. The van der Waals surface area contributed by atoms with Crippen LogP contribution < -0.4 is 0 Å². The molecule has 0 unspecified atom stereocenters. The maximum Gasteiger partial charge on any atom is -0.00247 e. The standard InChI is InChI=1S/C30H32/c1-2-27-18-28(24-12-6-3-7-13-24)21-29(19-27,25-14-8-4-9-15-25)23-30(20-27,22-28)26-16-10-5-11-17-26/h3-17H,2,18-23H2,1H3. The Morgan fingerprint density at radius 3 is 1.03 bits per heavy atom. The lowest BCUT2D eigenvalue weighted by atomic mass is 9.32. The van der Waals surface area contributed by atoms with E-state index < -0.39 is 0 Å². The topological polar surface area (TPSA) is 0 Å². The zero-order valence-electron chi connectivity index (χ0n) is 18.1. The van der Waals surface area contributed by atoms with E-state index >= 15 is 0 Å². The smallest absolute Gasteiger partial charge is 0.00247 e. The number of rotatable bonds is 4. The van der Waals surface area contributed by atoms with Gasteiger partial charge in [-0.15, -0.1) is 0 Å². The minimum absolute atomic E-state index is 0.289. The van der Waals surface area contributed by atoms with Crippen molar-refractivity contribution in [1.29, 1.82) is 0 Å². The van der Waals surface area contributed by atoms with Crippen molar-refractivity contribution in [3.63, 3.8) is 0 Å². The summed E-state index contributed by atoms with van der Waals surface area (Å²) in [4.78, 5) is 0. The molecule has 0 spiro atoms. The van der Waals surface area contributed by atoms with Crippen molar-refractivity contribution in [1.82, 2.24) is 0 Å². The molecule has 4 fully saturated rings. The third-order valence-corrected chi connectivity index (χ3v) is 9.08. The van der Waals surface area contributed by atoms with Crippen molar-refractivity contribution < 1.29 is 0 Å². The SMILES string of the molecule is CCC12CC3(c4ccccc4)CC(c4ccccc4)(C1)CC(c1ccccc1)(C2)C3. The van der Waals surface area contributed by atoms with Crippen molar-refractivity contribution in [2.45, 2.75) is 68.1 Å². The van der Waals surface area contributed by atoms with E-state index in [0.29, 0.717) is 5.41 Å². The lowest BCUT2D eigenvalue weighted by molar-refractivity contribution is -0.109. The maximum atomic E-state index is 2.46. The summed E-state index contributed by atoms with van der Waals surface area (Å²) in [5.74, 6) is 0. The number of hydrogen-bond acceptors (Lipinski definition) is 0. The molecular weight excluding hydrogens is 360 g/mol. The van der Waals surface area contributed by atoms with E-state index in [1.54, 1.807) is 16.7 Å². The molecule has 0 radical (unpaired) electrons. The van der Waals surface area contributed by atoms with Crippen molar-refractivity contribution in [3.8, 4) is 0 Å². The third kappa shape index (κ3) is 2.52. The van der Waals surface area contributed by atoms with Gasteiger partial charge < -0.3 is 0 Å². The van der Waals surface area contributed by atoms with Crippen molar-refractivity contribution in [2.75, 3.05) is 0 Å². The Kier molecular flexibility index (Phi) is 3.89. The Morgan fingerprint density at radius 2 is 0.767 bits per heavy atom. The Hall–Kier alpha value is -2.34. The quantitative estimate of drug-likeness (QED) is 0.429. The molecule has 152 valence electrons. The summed E-state index contributed by atoms with van der Waals surface area (Å²) in [6.07, 6.45) is 9.32. The summed E-state index contributed by atoms with van der Waals surface area (Å²) in [7, 11) is 0. The molecule has 30 heavy (non-hydrogen) atoms. The highest BCUT2D eigenvalue weighted by molar-refractivity contribution is 5.45. The van der Waals surface area contributed by atoms with Crippen molar-refractivity contribution >= 4 is 0 Å². The Balaban J connectivity index is 1.61. The van der Waals surface area contributed by atoms with Gasteiger partial charge in [0.15, 0.2) is 0 Å². The first-order chi connectivity index (χ1) is 14.6. The second kappa shape index (κ2) is 6.33. The van der Waals surface area contributed by atoms with Crippen LogP contribution in [0, 0.1) is 5.41 Å². The lowest BCUT2D eigenvalue weighted by Crippen LogP contribution is -2.65. The Morgan fingerprint density at radius 1 is 0.467 bits per heavy atom. The zero-order chi connectivity index (χ0) is 20.3. The average Bonchev–Trinajstić information content (AvgIpc) is 2.80. The van der Waals surface area contributed by atoms with Gasteiger partial charge in [-0.25, -0.2) is 0 Å². The lowest BCUT2D eigenvalue weighted by Gasteiger charge is -2.71. The fourth-order valence-electron chi connectivity index (χ4n) is 8.52. The molecule has 4 saturated carbocycles. The van der Waals surface area contributed by atoms with Gasteiger partial charge in [0.25, 0.3) is 0 Å². The largest absolute Gasteiger partial charge is 0.0649 e. The maximum absolute atomic E-state index is 2.46. The first-order valence-electron chi connectivity index (χ1n) is 11.8. The number of hydrogen-bond donors (Lipinski definition) is 0. The predicted octanol–water partition coefficient (Wildman–Crippen LogP) is 7.58. The van der Waals surface area contributed by atoms with Gasteiger partial charge in [-0.05, 0) is 76.9 Å². The van der Waals surface area contributed by atoms with E-state index in [9.17, 15) is 0 Å². The molecule has 4 aliphatic rings. The second-order valence-corrected chi connectivity index (χ2v) is 10.9. The average molecular weight is 393 g/mol. The van der Waals surface area contributed by atoms with Crippen LogP contribution in [0.5, 0.6) is 0 Å². The van der Waals surface area contributed by atoms with Gasteiger partial charge in [0.2, 0.25) is 0 Å². The zero-order valence-corrected chi connectivity index (χ0v) is 18.1. The highest BCUT2D eigenvalue weighted by Gasteiger charge is 2.68. The van der Waals surface area contributed by atoms with Crippen LogP contribution in [-0.4, -0.2) is 0 Å². The van der Waals surface area contributed by atoms with Crippen LogP contribution in [0.2, 0.25) is 0 Å². The molecule has 0 saturated heterocycles. The molecule has 0 nitrogen and oxygen atoms in total. The van der Waals surface area contributed by atoms with E-state index in [4.69, 9.17) is 0 Å². The molecule has 3 aromatic carbocycles. The van der Waals surface area contributed by atoms with Gasteiger partial charge >= 0.3 is 0 Å². The van der Waals surface area contributed by atoms with Crippen LogP contribution in [0.3, 0.4) is 0 Å². The second-order valence-electron chi connectivity index (χ2n) is 10.9. The molecule has 0 amide bonds. The van der Waals surface area contributed by atoms with E-state index in [1.165, 1.54) is 44.9 Å². The van der Waals surface area contributed by atoms with Crippen molar-refractivity contribution in [2.24, 2.45) is 5.41 Å². The van der Waals surface area contributed by atoms with E-state index in [-0.39, 0.29) is 16.2 Å². The van der Waals surface area contributed by atoms with E-state index in [2.05, 4.69) is 97.9 Å². The Bertz CT molecular complexity index is 890. The molecule has 7 rings (SSSR count). The fourth-order valence-corrected chi connectivity index (χ4v) is 8.52. The third-order valence-electron chi connectivity index (χ3n) is 9.08. The molecule has 4 aliphatic carbocycles. The van der Waals surface area contributed by atoms with E-state index in [1.807, 2.05) is 0 Å². The van der Waals surface area contributed by atoms with Crippen LogP contribution in [-0.2, 0) is 16.2 Å². The van der Waals surface area contributed by atoms with Crippen LogP contribution in [0.15, 0.2) is 91.0 Å².